The van der Waals surface area contributed by atoms with Crippen LogP contribution in [0, 0.1) is 5.82 Å². The number of rotatable bonds is 2. The average molecular weight is 232 g/mol. The summed E-state index contributed by atoms with van der Waals surface area (Å²) >= 11 is 0. The highest BCUT2D eigenvalue weighted by Gasteiger charge is 2.11. The lowest BCUT2D eigenvalue weighted by Crippen LogP contribution is -2.23. The van der Waals surface area contributed by atoms with E-state index in [-0.39, 0.29) is 17.3 Å². The highest BCUT2D eigenvalue weighted by Crippen LogP contribution is 2.11. The molecule has 0 amide bonds. The summed E-state index contributed by atoms with van der Waals surface area (Å²) in [6, 6.07) is 6.27. The van der Waals surface area contributed by atoms with Crippen LogP contribution in [0.5, 0.6) is 0 Å². The van der Waals surface area contributed by atoms with Gasteiger partial charge < -0.3 is 0 Å². The van der Waals surface area contributed by atoms with Crippen molar-refractivity contribution in [3.05, 3.63) is 58.4 Å². The predicted molar refractivity (Wildman–Crippen MR) is 63.9 cm³/mol. The minimum atomic E-state index is -0.504. The lowest BCUT2D eigenvalue weighted by atomic mass is 10.1. The molecule has 0 spiro atoms. The Hall–Kier alpha value is -1.97. The molecule has 0 unspecified atom stereocenters. The van der Waals surface area contributed by atoms with Crippen molar-refractivity contribution >= 4 is 0 Å². The molecule has 0 aliphatic carbocycles. The maximum absolute atomic E-state index is 13.6. The molecule has 2 aromatic rings. The Morgan fingerprint density at radius 1 is 1.29 bits per heavy atom. The summed E-state index contributed by atoms with van der Waals surface area (Å²) in [5, 5.41) is 0. The van der Waals surface area contributed by atoms with Crippen molar-refractivity contribution in [3.8, 4) is 5.82 Å². The van der Waals surface area contributed by atoms with Crippen LogP contribution in [-0.2, 0) is 0 Å². The highest BCUT2D eigenvalue weighted by atomic mass is 19.1. The molecule has 0 N–H and O–H groups in total. The van der Waals surface area contributed by atoms with Crippen LogP contribution in [0.1, 0.15) is 25.3 Å². The Morgan fingerprint density at radius 3 is 2.71 bits per heavy atom. The summed E-state index contributed by atoms with van der Waals surface area (Å²) < 4.78 is 14.8. The van der Waals surface area contributed by atoms with Gasteiger partial charge in [0.1, 0.15) is 0 Å². The van der Waals surface area contributed by atoms with E-state index in [0.717, 1.165) is 0 Å². The van der Waals surface area contributed by atoms with Crippen LogP contribution < -0.4 is 5.56 Å². The van der Waals surface area contributed by atoms with Gasteiger partial charge in [-0.2, -0.15) is 0 Å². The molecule has 0 aromatic carbocycles. The number of halogens is 1. The molecule has 88 valence electrons. The van der Waals surface area contributed by atoms with Crippen LogP contribution in [0.15, 0.2) is 41.5 Å². The van der Waals surface area contributed by atoms with E-state index in [4.69, 9.17) is 0 Å². The second-order valence-corrected chi connectivity index (χ2v) is 4.10. The Bertz CT molecular complexity index is 590. The molecule has 2 heterocycles. The van der Waals surface area contributed by atoms with E-state index in [2.05, 4.69) is 4.98 Å². The largest absolute Gasteiger partial charge is 0.269 e. The van der Waals surface area contributed by atoms with E-state index in [1.807, 2.05) is 13.8 Å². The van der Waals surface area contributed by atoms with E-state index in [1.165, 1.54) is 29.1 Å². The first-order valence-corrected chi connectivity index (χ1v) is 5.43. The van der Waals surface area contributed by atoms with Crippen molar-refractivity contribution in [2.24, 2.45) is 0 Å². The fourth-order valence-electron chi connectivity index (χ4n) is 1.67. The van der Waals surface area contributed by atoms with Crippen LogP contribution in [0.2, 0.25) is 0 Å². The zero-order valence-electron chi connectivity index (χ0n) is 9.72. The molecule has 3 nitrogen and oxygen atoms in total. The molecule has 0 saturated carbocycles. The van der Waals surface area contributed by atoms with Crippen molar-refractivity contribution in [2.45, 2.75) is 19.8 Å². The fraction of sp³-hybridized carbons (Fsp3) is 0.231. The zero-order valence-corrected chi connectivity index (χ0v) is 9.72. The fourth-order valence-corrected chi connectivity index (χ4v) is 1.67. The number of hydrogen-bond donors (Lipinski definition) is 0. The number of pyridine rings is 2. The van der Waals surface area contributed by atoms with Gasteiger partial charge in [-0.1, -0.05) is 19.9 Å². The Kier molecular flexibility index (Phi) is 3.04. The SMILES string of the molecule is CC(C)c1cccn(-c2ncccc2F)c1=O. The quantitative estimate of drug-likeness (QED) is 0.797. The van der Waals surface area contributed by atoms with Crippen molar-refractivity contribution in [3.63, 3.8) is 0 Å². The summed E-state index contributed by atoms with van der Waals surface area (Å²) in [5.41, 5.74) is 0.428. The molecule has 17 heavy (non-hydrogen) atoms. The first-order valence-electron chi connectivity index (χ1n) is 5.43. The van der Waals surface area contributed by atoms with Gasteiger partial charge in [0.2, 0.25) is 0 Å². The third-order valence-corrected chi connectivity index (χ3v) is 2.57. The molecule has 0 saturated heterocycles. The zero-order chi connectivity index (χ0) is 12.4. The standard InChI is InChI=1S/C13H13FN2O/c1-9(2)10-5-4-8-16(13(10)17)12-11(14)6-3-7-15-12/h3-9H,1-2H3. The molecule has 0 radical (unpaired) electrons. The maximum atomic E-state index is 13.6. The number of nitrogens with zero attached hydrogens (tertiary/aromatic N) is 2. The molecule has 0 aliphatic rings. The maximum Gasteiger partial charge on any atom is 0.259 e. The molecule has 0 aliphatic heterocycles. The molecule has 4 heteroatoms. The minimum Gasteiger partial charge on any atom is -0.269 e. The summed E-state index contributed by atoms with van der Waals surface area (Å²) in [4.78, 5) is 16.0. The molecule has 0 atom stereocenters. The molecule has 0 bridgehead atoms. The lowest BCUT2D eigenvalue weighted by molar-refractivity contribution is 0.606. The van der Waals surface area contributed by atoms with E-state index in [0.29, 0.717) is 5.56 Å². The lowest BCUT2D eigenvalue weighted by Gasteiger charge is -2.09. The van der Waals surface area contributed by atoms with Crippen LogP contribution in [0.25, 0.3) is 5.82 Å². The molecule has 0 fully saturated rings. The number of hydrogen-bond acceptors (Lipinski definition) is 2. The molecule has 2 rings (SSSR count). The molecular weight excluding hydrogens is 219 g/mol. The van der Waals surface area contributed by atoms with Gasteiger partial charge in [0.05, 0.1) is 0 Å². The van der Waals surface area contributed by atoms with Gasteiger partial charge in [-0.15, -0.1) is 0 Å². The van der Waals surface area contributed by atoms with Gasteiger partial charge in [-0.3, -0.25) is 9.36 Å². The summed E-state index contributed by atoms with van der Waals surface area (Å²) in [6.07, 6.45) is 2.99. The topological polar surface area (TPSA) is 34.9 Å². The highest BCUT2D eigenvalue weighted by molar-refractivity contribution is 5.27. The Morgan fingerprint density at radius 2 is 2.06 bits per heavy atom. The average Bonchev–Trinajstić information content (AvgIpc) is 2.30. The van der Waals surface area contributed by atoms with Crippen molar-refractivity contribution < 1.29 is 4.39 Å². The van der Waals surface area contributed by atoms with Gasteiger partial charge in [0.15, 0.2) is 11.6 Å². The van der Waals surface area contributed by atoms with E-state index in [9.17, 15) is 9.18 Å². The van der Waals surface area contributed by atoms with Crippen molar-refractivity contribution in [1.29, 1.82) is 0 Å². The van der Waals surface area contributed by atoms with E-state index >= 15 is 0 Å². The summed E-state index contributed by atoms with van der Waals surface area (Å²) in [6.45, 7) is 3.85. The first-order chi connectivity index (χ1) is 8.11. The van der Waals surface area contributed by atoms with Crippen LogP contribution >= 0.6 is 0 Å². The molecular formula is C13H13FN2O. The van der Waals surface area contributed by atoms with Gasteiger partial charge in [0, 0.05) is 18.0 Å². The third-order valence-electron chi connectivity index (χ3n) is 2.57. The Labute approximate surface area is 98.6 Å². The third kappa shape index (κ3) is 2.11. The normalized spacial score (nSPS) is 10.8. The van der Waals surface area contributed by atoms with E-state index < -0.39 is 5.82 Å². The van der Waals surface area contributed by atoms with Crippen molar-refractivity contribution in [2.75, 3.05) is 0 Å². The van der Waals surface area contributed by atoms with Gasteiger partial charge in [0.25, 0.3) is 5.56 Å². The Balaban J connectivity index is 2.66. The minimum absolute atomic E-state index is 0.0417. The second kappa shape index (κ2) is 4.49. The van der Waals surface area contributed by atoms with Gasteiger partial charge >= 0.3 is 0 Å². The summed E-state index contributed by atoms with van der Waals surface area (Å²) in [5.74, 6) is -0.364. The van der Waals surface area contributed by atoms with Crippen LogP contribution in [0.3, 0.4) is 0 Å². The first kappa shape index (κ1) is 11.5. The summed E-state index contributed by atoms with van der Waals surface area (Å²) in [7, 11) is 0. The second-order valence-electron chi connectivity index (χ2n) is 4.10. The van der Waals surface area contributed by atoms with Crippen molar-refractivity contribution in [1.82, 2.24) is 9.55 Å². The predicted octanol–water partition coefficient (Wildman–Crippen LogP) is 2.50. The van der Waals surface area contributed by atoms with Crippen LogP contribution in [-0.4, -0.2) is 9.55 Å². The van der Waals surface area contributed by atoms with Gasteiger partial charge in [-0.05, 0) is 24.1 Å². The monoisotopic (exact) mass is 232 g/mol. The smallest absolute Gasteiger partial charge is 0.259 e. The van der Waals surface area contributed by atoms with E-state index in [1.54, 1.807) is 12.1 Å². The van der Waals surface area contributed by atoms with Crippen LogP contribution in [0.4, 0.5) is 4.39 Å². The van der Waals surface area contributed by atoms with Gasteiger partial charge in [-0.25, -0.2) is 9.37 Å². The molecule has 2 aromatic heterocycles. The number of aromatic nitrogens is 2.